The molecule has 0 saturated carbocycles. The quantitative estimate of drug-likeness (QED) is 0.775. The number of benzene rings is 2. The Balaban J connectivity index is 1.68. The van der Waals surface area contributed by atoms with Crippen molar-refractivity contribution in [2.45, 2.75) is 6.42 Å². The van der Waals surface area contributed by atoms with Crippen molar-refractivity contribution in [3.05, 3.63) is 71.3 Å². The minimum Gasteiger partial charge on any atom is -0.444 e. The molecular weight excluding hydrogens is 319 g/mol. The third-order valence-corrected chi connectivity index (χ3v) is 3.43. The summed E-state index contributed by atoms with van der Waals surface area (Å²) >= 11 is 5.87. The summed E-state index contributed by atoms with van der Waals surface area (Å²) in [5.41, 5.74) is 1.69. The second kappa shape index (κ2) is 6.62. The Morgan fingerprint density at radius 1 is 1.22 bits per heavy atom. The Kier molecular flexibility index (Phi) is 4.39. The number of nitrogens with one attached hydrogen (secondary N) is 1. The molecule has 1 N–H and O–H groups in total. The maximum Gasteiger partial charge on any atom is 0.230 e. The van der Waals surface area contributed by atoms with Crippen LogP contribution in [0.15, 0.2) is 59.2 Å². The lowest BCUT2D eigenvalue weighted by Crippen LogP contribution is -2.14. The molecule has 4 nitrogen and oxygen atoms in total. The molecule has 2 aromatic carbocycles. The van der Waals surface area contributed by atoms with Crippen LogP contribution in [0.2, 0.25) is 5.02 Å². The normalized spacial score (nSPS) is 10.5. The van der Waals surface area contributed by atoms with Crippen LogP contribution in [0.1, 0.15) is 5.69 Å². The predicted octanol–water partition coefficient (Wildman–Crippen LogP) is 4.32. The first-order valence-electron chi connectivity index (χ1n) is 6.86. The van der Waals surface area contributed by atoms with E-state index in [0.29, 0.717) is 17.3 Å². The molecule has 0 unspecified atom stereocenters. The zero-order valence-corrected chi connectivity index (χ0v) is 12.7. The highest BCUT2D eigenvalue weighted by Crippen LogP contribution is 2.23. The highest BCUT2D eigenvalue weighted by Gasteiger charge is 2.12. The largest absolute Gasteiger partial charge is 0.444 e. The number of carbonyl (C=O) groups is 1. The van der Waals surface area contributed by atoms with Gasteiger partial charge in [-0.1, -0.05) is 29.8 Å². The highest BCUT2D eigenvalue weighted by molar-refractivity contribution is 6.33. The Bertz CT molecular complexity index is 834. The van der Waals surface area contributed by atoms with Gasteiger partial charge in [-0.05, 0) is 30.3 Å². The fourth-order valence-electron chi connectivity index (χ4n) is 2.05. The number of carbonyl (C=O) groups excluding carboxylic acids is 1. The molecule has 3 rings (SSSR count). The number of oxazole rings is 1. The second-order valence-electron chi connectivity index (χ2n) is 4.86. The van der Waals surface area contributed by atoms with Crippen LogP contribution in [-0.2, 0) is 11.2 Å². The summed E-state index contributed by atoms with van der Waals surface area (Å²) in [5, 5.41) is 2.76. The molecule has 0 radical (unpaired) electrons. The smallest absolute Gasteiger partial charge is 0.230 e. The van der Waals surface area contributed by atoms with Crippen LogP contribution in [0.5, 0.6) is 0 Å². The molecule has 1 heterocycles. The van der Waals surface area contributed by atoms with E-state index in [9.17, 15) is 9.18 Å². The summed E-state index contributed by atoms with van der Waals surface area (Å²) in [6.45, 7) is 0. The molecule has 0 aliphatic heterocycles. The summed E-state index contributed by atoms with van der Waals surface area (Å²) in [4.78, 5) is 16.3. The molecule has 0 bridgehead atoms. The summed E-state index contributed by atoms with van der Waals surface area (Å²) < 4.78 is 18.4. The van der Waals surface area contributed by atoms with E-state index in [1.807, 2.05) is 30.3 Å². The number of amides is 1. The van der Waals surface area contributed by atoms with Gasteiger partial charge in [0, 0.05) is 5.56 Å². The number of anilines is 1. The van der Waals surface area contributed by atoms with Crippen molar-refractivity contribution in [3.8, 4) is 11.5 Å². The lowest BCUT2D eigenvalue weighted by Gasteiger charge is -2.05. The molecule has 0 spiro atoms. The highest BCUT2D eigenvalue weighted by atomic mass is 35.5. The van der Waals surface area contributed by atoms with E-state index in [-0.39, 0.29) is 17.4 Å². The number of hydrogen-bond acceptors (Lipinski definition) is 3. The number of halogens is 2. The maximum atomic E-state index is 13.0. The van der Waals surface area contributed by atoms with Crippen molar-refractivity contribution in [1.29, 1.82) is 0 Å². The molecule has 23 heavy (non-hydrogen) atoms. The van der Waals surface area contributed by atoms with Crippen molar-refractivity contribution >= 4 is 23.2 Å². The Hall–Kier alpha value is -2.66. The SMILES string of the molecule is O=C(Cc1coc(-c2ccccc2)n1)Nc1ccc(F)cc1Cl. The molecule has 0 aliphatic rings. The van der Waals surface area contributed by atoms with Crippen molar-refractivity contribution in [2.75, 3.05) is 5.32 Å². The minimum absolute atomic E-state index is 0.0318. The van der Waals surface area contributed by atoms with Crippen molar-refractivity contribution in [2.24, 2.45) is 0 Å². The fraction of sp³-hybridized carbons (Fsp3) is 0.0588. The van der Waals surface area contributed by atoms with Gasteiger partial charge in [-0.25, -0.2) is 9.37 Å². The van der Waals surface area contributed by atoms with Gasteiger partial charge >= 0.3 is 0 Å². The monoisotopic (exact) mass is 330 g/mol. The molecule has 3 aromatic rings. The van der Waals surface area contributed by atoms with Crippen LogP contribution < -0.4 is 5.32 Å². The van der Waals surface area contributed by atoms with Crippen molar-refractivity contribution < 1.29 is 13.6 Å². The van der Waals surface area contributed by atoms with E-state index >= 15 is 0 Å². The first kappa shape index (κ1) is 15.2. The van der Waals surface area contributed by atoms with E-state index in [2.05, 4.69) is 10.3 Å². The topological polar surface area (TPSA) is 55.1 Å². The Morgan fingerprint density at radius 2 is 2.00 bits per heavy atom. The number of hydrogen-bond donors (Lipinski definition) is 1. The van der Waals surface area contributed by atoms with E-state index < -0.39 is 5.82 Å². The van der Waals surface area contributed by atoms with Crippen LogP contribution in [0, 0.1) is 5.82 Å². The summed E-state index contributed by atoms with van der Waals surface area (Å²) in [7, 11) is 0. The number of rotatable bonds is 4. The van der Waals surface area contributed by atoms with Gasteiger partial charge in [0.1, 0.15) is 12.1 Å². The van der Waals surface area contributed by atoms with Crippen molar-refractivity contribution in [3.63, 3.8) is 0 Å². The number of nitrogens with zero attached hydrogens (tertiary/aromatic N) is 1. The summed E-state index contributed by atoms with van der Waals surface area (Å²) in [6.07, 6.45) is 1.47. The van der Waals surface area contributed by atoms with E-state index in [4.69, 9.17) is 16.0 Å². The van der Waals surface area contributed by atoms with E-state index in [1.54, 1.807) is 0 Å². The van der Waals surface area contributed by atoms with Gasteiger partial charge in [-0.2, -0.15) is 0 Å². The zero-order chi connectivity index (χ0) is 16.2. The molecule has 6 heteroatoms. The first-order valence-corrected chi connectivity index (χ1v) is 7.24. The number of aromatic nitrogens is 1. The second-order valence-corrected chi connectivity index (χ2v) is 5.27. The molecular formula is C17H12ClFN2O2. The van der Waals surface area contributed by atoms with Crippen LogP contribution in [0.25, 0.3) is 11.5 Å². The maximum absolute atomic E-state index is 13.0. The summed E-state index contributed by atoms with van der Waals surface area (Å²) in [5.74, 6) is -0.323. The first-order chi connectivity index (χ1) is 11.1. The Labute approximate surface area is 136 Å². The third-order valence-electron chi connectivity index (χ3n) is 3.12. The average molecular weight is 331 g/mol. The van der Waals surface area contributed by atoms with Gasteiger partial charge in [-0.3, -0.25) is 4.79 Å². The molecule has 116 valence electrons. The predicted molar refractivity (Wildman–Crippen MR) is 85.7 cm³/mol. The lowest BCUT2D eigenvalue weighted by atomic mass is 10.2. The lowest BCUT2D eigenvalue weighted by molar-refractivity contribution is -0.115. The van der Waals surface area contributed by atoms with Gasteiger partial charge in [0.2, 0.25) is 11.8 Å². The molecule has 1 aromatic heterocycles. The van der Waals surface area contributed by atoms with Crippen LogP contribution in [0.4, 0.5) is 10.1 Å². The van der Waals surface area contributed by atoms with E-state index in [1.165, 1.54) is 18.4 Å². The minimum atomic E-state index is -0.461. The fourth-order valence-corrected chi connectivity index (χ4v) is 2.27. The average Bonchev–Trinajstić information content (AvgIpc) is 2.99. The standard InChI is InChI=1S/C17H12ClFN2O2/c18-14-8-12(19)6-7-15(14)21-16(22)9-13-10-23-17(20-13)11-4-2-1-3-5-11/h1-8,10H,9H2,(H,21,22). The van der Waals surface area contributed by atoms with Gasteiger partial charge in [0.25, 0.3) is 0 Å². The van der Waals surface area contributed by atoms with Gasteiger partial charge in [0.05, 0.1) is 22.8 Å². The van der Waals surface area contributed by atoms with Crippen molar-refractivity contribution in [1.82, 2.24) is 4.98 Å². The third kappa shape index (κ3) is 3.76. The van der Waals surface area contributed by atoms with Crippen LogP contribution in [-0.4, -0.2) is 10.9 Å². The molecule has 0 aliphatic carbocycles. The van der Waals surface area contributed by atoms with Crippen LogP contribution in [0.3, 0.4) is 0 Å². The van der Waals surface area contributed by atoms with Gasteiger partial charge in [-0.15, -0.1) is 0 Å². The molecule has 1 amide bonds. The van der Waals surface area contributed by atoms with Crippen LogP contribution >= 0.6 is 11.6 Å². The zero-order valence-electron chi connectivity index (χ0n) is 11.9. The molecule has 0 atom stereocenters. The van der Waals surface area contributed by atoms with E-state index in [0.717, 1.165) is 11.6 Å². The van der Waals surface area contributed by atoms with Gasteiger partial charge in [0.15, 0.2) is 0 Å². The molecule has 0 saturated heterocycles. The molecule has 0 fully saturated rings. The van der Waals surface area contributed by atoms with Gasteiger partial charge < -0.3 is 9.73 Å². The summed E-state index contributed by atoms with van der Waals surface area (Å²) in [6, 6.07) is 13.2. The Morgan fingerprint density at radius 3 is 2.74 bits per heavy atom.